The third-order valence-electron chi connectivity index (χ3n) is 4.29. The van der Waals surface area contributed by atoms with E-state index in [2.05, 4.69) is 16.0 Å². The summed E-state index contributed by atoms with van der Waals surface area (Å²) in [6.07, 6.45) is 5.34. The van der Waals surface area contributed by atoms with E-state index >= 15 is 0 Å². The van der Waals surface area contributed by atoms with Gasteiger partial charge in [-0.05, 0) is 31.0 Å². The lowest BCUT2D eigenvalue weighted by Gasteiger charge is -2.22. The standard InChI is InChI=1S/C17H18N4O2/c18-9-13-15(10-4-2-1-3-5-10)20-17(21-16(13)19)12-8-11(22)6-7-14(12)23/h6-8,10,22-23H,1-5H2,(H2,19,20,21). The van der Waals surface area contributed by atoms with Crippen LogP contribution in [0.3, 0.4) is 0 Å². The molecule has 0 spiro atoms. The Labute approximate surface area is 134 Å². The highest BCUT2D eigenvalue weighted by Gasteiger charge is 2.24. The van der Waals surface area contributed by atoms with Gasteiger partial charge < -0.3 is 15.9 Å². The van der Waals surface area contributed by atoms with Crippen molar-refractivity contribution in [3.63, 3.8) is 0 Å². The fourth-order valence-corrected chi connectivity index (χ4v) is 3.11. The molecule has 0 atom stereocenters. The minimum absolute atomic E-state index is 0.00328. The molecule has 23 heavy (non-hydrogen) atoms. The van der Waals surface area contributed by atoms with Gasteiger partial charge in [0.05, 0.1) is 11.3 Å². The molecule has 118 valence electrons. The summed E-state index contributed by atoms with van der Waals surface area (Å²) in [4.78, 5) is 8.66. The lowest BCUT2D eigenvalue weighted by Crippen LogP contribution is -2.12. The van der Waals surface area contributed by atoms with E-state index in [4.69, 9.17) is 5.73 Å². The van der Waals surface area contributed by atoms with Gasteiger partial charge in [-0.25, -0.2) is 9.97 Å². The van der Waals surface area contributed by atoms with Crippen molar-refractivity contribution >= 4 is 5.82 Å². The van der Waals surface area contributed by atoms with Crippen molar-refractivity contribution in [2.45, 2.75) is 38.0 Å². The predicted octanol–water partition coefficient (Wildman–Crippen LogP) is 3.06. The van der Waals surface area contributed by atoms with E-state index in [-0.39, 0.29) is 29.1 Å². The molecule has 1 saturated carbocycles. The zero-order valence-electron chi connectivity index (χ0n) is 12.7. The number of phenolic OH excluding ortho intramolecular Hbond substituents is 2. The first-order valence-corrected chi connectivity index (χ1v) is 7.70. The zero-order valence-corrected chi connectivity index (χ0v) is 12.7. The van der Waals surface area contributed by atoms with Crippen LogP contribution < -0.4 is 5.73 Å². The van der Waals surface area contributed by atoms with E-state index in [9.17, 15) is 15.5 Å². The van der Waals surface area contributed by atoms with Crippen molar-refractivity contribution in [1.29, 1.82) is 5.26 Å². The fraction of sp³-hybridized carbons (Fsp3) is 0.353. The molecule has 0 aliphatic heterocycles. The van der Waals surface area contributed by atoms with Gasteiger partial charge in [0.2, 0.25) is 0 Å². The lowest BCUT2D eigenvalue weighted by atomic mass is 9.85. The van der Waals surface area contributed by atoms with Crippen LogP contribution in [0.4, 0.5) is 5.82 Å². The highest BCUT2D eigenvalue weighted by Crippen LogP contribution is 2.37. The minimum atomic E-state index is -0.0403. The molecule has 0 unspecified atom stereocenters. The summed E-state index contributed by atoms with van der Waals surface area (Å²) in [5, 5.41) is 29.0. The number of rotatable bonds is 2. The average Bonchev–Trinajstić information content (AvgIpc) is 2.57. The second-order valence-corrected chi connectivity index (χ2v) is 5.84. The first-order valence-electron chi connectivity index (χ1n) is 7.70. The van der Waals surface area contributed by atoms with Crippen LogP contribution in [0.1, 0.15) is 49.3 Å². The maximum atomic E-state index is 10.0. The number of nitrogens with zero attached hydrogens (tertiary/aromatic N) is 3. The first kappa shape index (κ1) is 15.1. The summed E-state index contributed by atoms with van der Waals surface area (Å²) in [6.45, 7) is 0. The zero-order chi connectivity index (χ0) is 16.4. The van der Waals surface area contributed by atoms with Crippen LogP contribution in [0.2, 0.25) is 0 Å². The van der Waals surface area contributed by atoms with Gasteiger partial charge in [-0.2, -0.15) is 5.26 Å². The molecule has 1 fully saturated rings. The van der Waals surface area contributed by atoms with Crippen LogP contribution in [-0.2, 0) is 0 Å². The van der Waals surface area contributed by atoms with Crippen molar-refractivity contribution in [3.05, 3.63) is 29.5 Å². The predicted molar refractivity (Wildman–Crippen MR) is 85.8 cm³/mol. The summed E-state index contributed by atoms with van der Waals surface area (Å²) in [5.41, 5.74) is 7.22. The molecule has 1 heterocycles. The number of anilines is 1. The molecule has 0 bridgehead atoms. The van der Waals surface area contributed by atoms with Gasteiger partial charge in [-0.15, -0.1) is 0 Å². The molecule has 1 aromatic heterocycles. The molecule has 2 aromatic rings. The maximum absolute atomic E-state index is 10.0. The maximum Gasteiger partial charge on any atom is 0.165 e. The molecule has 0 amide bonds. The molecule has 1 aliphatic rings. The Morgan fingerprint density at radius 2 is 1.87 bits per heavy atom. The van der Waals surface area contributed by atoms with Crippen LogP contribution in [-0.4, -0.2) is 20.2 Å². The van der Waals surface area contributed by atoms with E-state index in [1.807, 2.05) is 0 Å². The van der Waals surface area contributed by atoms with Gasteiger partial charge in [-0.3, -0.25) is 0 Å². The topological polar surface area (TPSA) is 116 Å². The number of phenols is 2. The minimum Gasteiger partial charge on any atom is -0.508 e. The summed E-state index contributed by atoms with van der Waals surface area (Å²) in [5.74, 6) is 0.489. The lowest BCUT2D eigenvalue weighted by molar-refractivity contribution is 0.436. The van der Waals surface area contributed by atoms with E-state index in [1.165, 1.54) is 24.6 Å². The van der Waals surface area contributed by atoms with Gasteiger partial charge in [0.1, 0.15) is 28.9 Å². The largest absolute Gasteiger partial charge is 0.508 e. The van der Waals surface area contributed by atoms with Crippen molar-refractivity contribution in [2.24, 2.45) is 0 Å². The third kappa shape index (κ3) is 2.90. The summed E-state index contributed by atoms with van der Waals surface area (Å²) in [7, 11) is 0. The number of aromatic nitrogens is 2. The molecular formula is C17H18N4O2. The van der Waals surface area contributed by atoms with Crippen LogP contribution >= 0.6 is 0 Å². The van der Waals surface area contributed by atoms with Gasteiger partial charge in [0.15, 0.2) is 5.82 Å². The Morgan fingerprint density at radius 3 is 2.57 bits per heavy atom. The molecule has 0 radical (unpaired) electrons. The van der Waals surface area contributed by atoms with Crippen LogP contribution in [0.15, 0.2) is 18.2 Å². The summed E-state index contributed by atoms with van der Waals surface area (Å²) < 4.78 is 0. The van der Waals surface area contributed by atoms with Crippen LogP contribution in [0, 0.1) is 11.3 Å². The number of hydrogen-bond acceptors (Lipinski definition) is 6. The van der Waals surface area contributed by atoms with Gasteiger partial charge in [0.25, 0.3) is 0 Å². The molecule has 0 saturated heterocycles. The molecule has 6 nitrogen and oxygen atoms in total. The molecule has 6 heteroatoms. The molecule has 4 N–H and O–H groups in total. The number of nitrogens with two attached hydrogens (primary N) is 1. The molecular weight excluding hydrogens is 292 g/mol. The number of aromatic hydroxyl groups is 2. The van der Waals surface area contributed by atoms with Crippen molar-refractivity contribution in [2.75, 3.05) is 5.73 Å². The molecule has 1 aliphatic carbocycles. The Hall–Kier alpha value is -2.81. The highest BCUT2D eigenvalue weighted by atomic mass is 16.3. The monoisotopic (exact) mass is 310 g/mol. The average molecular weight is 310 g/mol. The number of nitriles is 1. The first-order chi connectivity index (χ1) is 11.1. The highest BCUT2D eigenvalue weighted by molar-refractivity contribution is 5.68. The second-order valence-electron chi connectivity index (χ2n) is 5.84. The van der Waals surface area contributed by atoms with Gasteiger partial charge in [0, 0.05) is 5.92 Å². The van der Waals surface area contributed by atoms with Crippen molar-refractivity contribution < 1.29 is 10.2 Å². The molecule has 3 rings (SSSR count). The van der Waals surface area contributed by atoms with E-state index in [1.54, 1.807) is 0 Å². The van der Waals surface area contributed by atoms with E-state index < -0.39 is 0 Å². The van der Waals surface area contributed by atoms with E-state index in [0.29, 0.717) is 16.8 Å². The summed E-state index contributed by atoms with van der Waals surface area (Å²) >= 11 is 0. The van der Waals surface area contributed by atoms with Gasteiger partial charge >= 0.3 is 0 Å². The molecule has 1 aromatic carbocycles. The third-order valence-corrected chi connectivity index (χ3v) is 4.29. The second kappa shape index (κ2) is 6.13. The number of nitrogen functional groups attached to an aromatic ring is 1. The Balaban J connectivity index is 2.14. The van der Waals surface area contributed by atoms with Crippen molar-refractivity contribution in [3.8, 4) is 29.0 Å². The van der Waals surface area contributed by atoms with Crippen LogP contribution in [0.5, 0.6) is 11.5 Å². The Bertz CT molecular complexity index is 777. The van der Waals surface area contributed by atoms with E-state index in [0.717, 1.165) is 25.7 Å². The Kier molecular flexibility index (Phi) is 4.02. The Morgan fingerprint density at radius 1 is 1.13 bits per heavy atom. The smallest absolute Gasteiger partial charge is 0.165 e. The quantitative estimate of drug-likeness (QED) is 0.734. The van der Waals surface area contributed by atoms with Crippen LogP contribution in [0.25, 0.3) is 11.4 Å². The number of hydrogen-bond donors (Lipinski definition) is 3. The fourth-order valence-electron chi connectivity index (χ4n) is 3.11. The summed E-state index contributed by atoms with van der Waals surface area (Å²) in [6, 6.07) is 6.25. The SMILES string of the molecule is N#Cc1c(N)nc(-c2cc(O)ccc2O)nc1C1CCCCC1. The number of benzene rings is 1. The normalized spacial score (nSPS) is 15.3. The van der Waals surface area contributed by atoms with Crippen molar-refractivity contribution in [1.82, 2.24) is 9.97 Å². The van der Waals surface area contributed by atoms with Gasteiger partial charge in [-0.1, -0.05) is 19.3 Å².